The minimum Gasteiger partial charge on any atom is -0.449 e. The number of hydrogen-bond donors (Lipinski definition) is 1. The number of carbonyl (C=O) groups is 1. The Balaban J connectivity index is 1.27. The van der Waals surface area contributed by atoms with Gasteiger partial charge in [-0.2, -0.15) is 5.10 Å². The molecule has 34 heavy (non-hydrogen) atoms. The standard InChI is InChI=1S/C24H19N5O4S/c1-29-15-18(11-28-29)16-2-5-20(6-3-16)34(31,32)21-7-4-19(26-13-21)12-27-24(30)22-10-17-8-9-25-14-23(17)33-22/h2-11,13-15H,12H2,1H3,(H,27,30). The first-order chi connectivity index (χ1) is 16.4. The molecule has 0 saturated carbocycles. The molecule has 0 saturated heterocycles. The molecule has 170 valence electrons. The highest BCUT2D eigenvalue weighted by atomic mass is 32.2. The molecule has 0 bridgehead atoms. The predicted octanol–water partition coefficient (Wildman–Crippen LogP) is 3.39. The number of nitrogens with zero attached hydrogens (tertiary/aromatic N) is 4. The quantitative estimate of drug-likeness (QED) is 0.401. The van der Waals surface area contributed by atoms with Crippen molar-refractivity contribution in [1.82, 2.24) is 25.1 Å². The molecule has 4 heterocycles. The fourth-order valence-electron chi connectivity index (χ4n) is 3.46. The molecule has 1 amide bonds. The summed E-state index contributed by atoms with van der Waals surface area (Å²) in [4.78, 5) is 20.8. The van der Waals surface area contributed by atoms with Crippen LogP contribution in [0.15, 0.2) is 93.7 Å². The van der Waals surface area contributed by atoms with Crippen LogP contribution in [0.2, 0.25) is 0 Å². The second kappa shape index (κ2) is 8.56. The molecule has 9 nitrogen and oxygen atoms in total. The summed E-state index contributed by atoms with van der Waals surface area (Å²) in [5.74, 6) is -0.236. The topological polar surface area (TPSA) is 120 Å². The van der Waals surface area contributed by atoms with E-state index in [1.807, 2.05) is 13.2 Å². The lowest BCUT2D eigenvalue weighted by Gasteiger charge is -2.07. The molecular formula is C24H19N5O4S. The van der Waals surface area contributed by atoms with Crippen LogP contribution < -0.4 is 5.32 Å². The molecule has 0 fully saturated rings. The molecule has 10 heteroatoms. The van der Waals surface area contributed by atoms with Crippen molar-refractivity contribution >= 4 is 26.7 Å². The third kappa shape index (κ3) is 4.18. The summed E-state index contributed by atoms with van der Waals surface area (Å²) in [7, 11) is -1.91. The van der Waals surface area contributed by atoms with Gasteiger partial charge in [0.2, 0.25) is 9.84 Å². The van der Waals surface area contributed by atoms with Crippen molar-refractivity contribution < 1.29 is 17.6 Å². The number of aromatic nitrogens is 4. The van der Waals surface area contributed by atoms with E-state index in [0.717, 1.165) is 16.5 Å². The number of furan rings is 1. The molecule has 0 radical (unpaired) electrons. The van der Waals surface area contributed by atoms with Gasteiger partial charge >= 0.3 is 0 Å². The summed E-state index contributed by atoms with van der Waals surface area (Å²) < 4.78 is 33.2. The molecule has 1 aromatic carbocycles. The summed E-state index contributed by atoms with van der Waals surface area (Å²) in [6.45, 7) is 0.119. The number of aryl methyl sites for hydroxylation is 1. The lowest BCUT2D eigenvalue weighted by Crippen LogP contribution is -2.22. The van der Waals surface area contributed by atoms with Gasteiger partial charge in [-0.3, -0.25) is 19.4 Å². The average Bonchev–Trinajstić information content (AvgIpc) is 3.49. The van der Waals surface area contributed by atoms with Crippen LogP contribution in [0.3, 0.4) is 0 Å². The number of fused-ring (bicyclic) bond motifs is 1. The lowest BCUT2D eigenvalue weighted by atomic mass is 10.1. The zero-order valence-corrected chi connectivity index (χ0v) is 18.9. The Labute approximate surface area is 195 Å². The zero-order chi connectivity index (χ0) is 23.7. The smallest absolute Gasteiger partial charge is 0.287 e. The second-order valence-electron chi connectivity index (χ2n) is 7.62. The van der Waals surface area contributed by atoms with Crippen LogP contribution in [-0.2, 0) is 23.4 Å². The first kappa shape index (κ1) is 21.5. The van der Waals surface area contributed by atoms with Crippen LogP contribution in [0.1, 0.15) is 16.2 Å². The Morgan fingerprint density at radius 3 is 2.47 bits per heavy atom. The molecule has 0 atom stereocenters. The number of sulfone groups is 1. The minimum absolute atomic E-state index is 0.0708. The highest BCUT2D eigenvalue weighted by Gasteiger charge is 2.19. The lowest BCUT2D eigenvalue weighted by molar-refractivity contribution is 0.0925. The van der Waals surface area contributed by atoms with Crippen LogP contribution >= 0.6 is 0 Å². The number of carbonyl (C=O) groups excluding carboxylic acids is 1. The molecule has 5 aromatic rings. The Morgan fingerprint density at radius 2 is 1.79 bits per heavy atom. The van der Waals surface area contributed by atoms with E-state index in [9.17, 15) is 13.2 Å². The number of benzene rings is 1. The number of nitrogens with one attached hydrogen (secondary N) is 1. The molecule has 5 rings (SSSR count). The fourth-order valence-corrected chi connectivity index (χ4v) is 4.67. The van der Waals surface area contributed by atoms with Gasteiger partial charge in [-0.25, -0.2) is 8.42 Å². The molecule has 1 N–H and O–H groups in total. The zero-order valence-electron chi connectivity index (χ0n) is 18.0. The Kier molecular flexibility index (Phi) is 5.42. The number of amides is 1. The largest absolute Gasteiger partial charge is 0.449 e. The first-order valence-electron chi connectivity index (χ1n) is 10.3. The number of rotatable bonds is 6. The van der Waals surface area contributed by atoms with Crippen LogP contribution in [0.4, 0.5) is 0 Å². The van der Waals surface area contributed by atoms with Crippen molar-refractivity contribution in [3.8, 4) is 11.1 Å². The highest BCUT2D eigenvalue weighted by molar-refractivity contribution is 7.91. The molecule has 4 aromatic heterocycles. The minimum atomic E-state index is -3.73. The van der Waals surface area contributed by atoms with E-state index < -0.39 is 15.7 Å². The van der Waals surface area contributed by atoms with Crippen LogP contribution in [0.25, 0.3) is 22.1 Å². The molecular weight excluding hydrogens is 454 g/mol. The van der Waals surface area contributed by atoms with Gasteiger partial charge in [0, 0.05) is 36.6 Å². The normalized spacial score (nSPS) is 11.6. The van der Waals surface area contributed by atoms with Crippen molar-refractivity contribution in [3.05, 3.63) is 91.0 Å². The first-order valence-corrected chi connectivity index (χ1v) is 11.8. The fraction of sp³-hybridized carbons (Fsp3) is 0.0833. The summed E-state index contributed by atoms with van der Waals surface area (Å²) in [5.41, 5.74) is 2.81. The Bertz CT molecular complexity index is 1550. The van der Waals surface area contributed by atoms with Gasteiger partial charge in [-0.05, 0) is 42.0 Å². The summed E-state index contributed by atoms with van der Waals surface area (Å²) in [6, 6.07) is 13.1. The van der Waals surface area contributed by atoms with E-state index in [1.54, 1.807) is 65.7 Å². The third-order valence-corrected chi connectivity index (χ3v) is 7.04. The van der Waals surface area contributed by atoms with Crippen LogP contribution in [0.5, 0.6) is 0 Å². The molecule has 0 unspecified atom stereocenters. The van der Waals surface area contributed by atoms with Crippen molar-refractivity contribution in [2.24, 2.45) is 7.05 Å². The van der Waals surface area contributed by atoms with Gasteiger partial charge in [0.15, 0.2) is 11.3 Å². The van der Waals surface area contributed by atoms with Gasteiger partial charge in [-0.15, -0.1) is 0 Å². The van der Waals surface area contributed by atoms with Gasteiger partial charge in [0.1, 0.15) is 0 Å². The van der Waals surface area contributed by atoms with Crippen LogP contribution in [0, 0.1) is 0 Å². The monoisotopic (exact) mass is 473 g/mol. The van der Waals surface area contributed by atoms with Crippen molar-refractivity contribution in [2.75, 3.05) is 0 Å². The van der Waals surface area contributed by atoms with E-state index >= 15 is 0 Å². The summed E-state index contributed by atoms with van der Waals surface area (Å²) in [5, 5.41) is 7.63. The second-order valence-corrected chi connectivity index (χ2v) is 9.57. The highest BCUT2D eigenvalue weighted by Crippen LogP contribution is 2.25. The maximum absolute atomic E-state index is 13.0. The Morgan fingerprint density at radius 1 is 1.00 bits per heavy atom. The van der Waals surface area contributed by atoms with E-state index in [0.29, 0.717) is 11.3 Å². The van der Waals surface area contributed by atoms with Gasteiger partial charge in [0.05, 0.1) is 34.4 Å². The van der Waals surface area contributed by atoms with E-state index in [4.69, 9.17) is 4.42 Å². The molecule has 0 spiro atoms. The predicted molar refractivity (Wildman–Crippen MR) is 124 cm³/mol. The SMILES string of the molecule is Cn1cc(-c2ccc(S(=O)(=O)c3ccc(CNC(=O)c4cc5ccncc5o4)nc3)cc2)cn1. The van der Waals surface area contributed by atoms with Gasteiger partial charge < -0.3 is 9.73 Å². The maximum Gasteiger partial charge on any atom is 0.287 e. The van der Waals surface area contributed by atoms with E-state index in [1.165, 1.54) is 12.3 Å². The van der Waals surface area contributed by atoms with Crippen LogP contribution in [-0.4, -0.2) is 34.1 Å². The van der Waals surface area contributed by atoms with E-state index in [-0.39, 0.29) is 22.1 Å². The van der Waals surface area contributed by atoms with Gasteiger partial charge in [-0.1, -0.05) is 12.1 Å². The number of pyridine rings is 2. The average molecular weight is 474 g/mol. The van der Waals surface area contributed by atoms with E-state index in [2.05, 4.69) is 20.4 Å². The summed E-state index contributed by atoms with van der Waals surface area (Å²) >= 11 is 0. The van der Waals surface area contributed by atoms with Gasteiger partial charge in [0.25, 0.3) is 5.91 Å². The van der Waals surface area contributed by atoms with Crippen molar-refractivity contribution in [3.63, 3.8) is 0 Å². The summed E-state index contributed by atoms with van der Waals surface area (Å²) in [6.07, 6.45) is 8.03. The number of hydrogen-bond acceptors (Lipinski definition) is 7. The molecule has 0 aliphatic carbocycles. The van der Waals surface area contributed by atoms with Crippen molar-refractivity contribution in [1.29, 1.82) is 0 Å². The maximum atomic E-state index is 13.0. The third-order valence-electron chi connectivity index (χ3n) is 5.29. The molecule has 0 aliphatic heterocycles. The molecule has 0 aliphatic rings. The Hall–Kier alpha value is -4.31. The van der Waals surface area contributed by atoms with Crippen molar-refractivity contribution in [2.45, 2.75) is 16.3 Å².